The van der Waals surface area contributed by atoms with Crippen molar-refractivity contribution in [3.63, 3.8) is 0 Å². The van der Waals surface area contributed by atoms with E-state index in [9.17, 15) is 9.18 Å². The monoisotopic (exact) mass is 382 g/mol. The summed E-state index contributed by atoms with van der Waals surface area (Å²) >= 11 is 0. The van der Waals surface area contributed by atoms with Gasteiger partial charge in [-0.15, -0.1) is 0 Å². The number of carbonyl (C=O) groups is 1. The van der Waals surface area contributed by atoms with Crippen LogP contribution in [0.1, 0.15) is 42.0 Å². The van der Waals surface area contributed by atoms with E-state index in [4.69, 9.17) is 4.74 Å². The summed E-state index contributed by atoms with van der Waals surface area (Å²) in [6.45, 7) is 1.83. The molecule has 1 saturated heterocycles. The molecule has 0 radical (unpaired) electrons. The summed E-state index contributed by atoms with van der Waals surface area (Å²) in [6, 6.07) is 15.1. The molecule has 2 amide bonds. The fourth-order valence-electron chi connectivity index (χ4n) is 4.58. The van der Waals surface area contributed by atoms with E-state index < -0.39 is 0 Å². The van der Waals surface area contributed by atoms with Crippen molar-refractivity contribution in [2.24, 2.45) is 0 Å². The van der Waals surface area contributed by atoms with Gasteiger partial charge < -0.3 is 15.0 Å². The molecular weight excluding hydrogens is 355 g/mol. The molecular formula is C23H27FN2O2. The molecule has 1 heterocycles. The van der Waals surface area contributed by atoms with Crippen LogP contribution in [-0.4, -0.2) is 37.7 Å². The van der Waals surface area contributed by atoms with E-state index in [1.165, 1.54) is 23.3 Å². The van der Waals surface area contributed by atoms with E-state index in [2.05, 4.69) is 23.5 Å². The molecule has 0 saturated carbocycles. The Kier molecular flexibility index (Phi) is 5.36. The minimum Gasteiger partial charge on any atom is -0.381 e. The number of urea groups is 1. The molecule has 0 spiro atoms. The summed E-state index contributed by atoms with van der Waals surface area (Å²) in [4.78, 5) is 14.8. The van der Waals surface area contributed by atoms with Crippen LogP contribution in [0.3, 0.4) is 0 Å². The van der Waals surface area contributed by atoms with Crippen molar-refractivity contribution in [1.29, 1.82) is 0 Å². The molecule has 0 bridgehead atoms. The van der Waals surface area contributed by atoms with Crippen LogP contribution in [0, 0.1) is 5.82 Å². The predicted molar refractivity (Wildman–Crippen MR) is 107 cm³/mol. The second-order valence-corrected chi connectivity index (χ2v) is 7.92. The maximum atomic E-state index is 13.4. The number of carbonyl (C=O) groups excluding carboxylic acids is 1. The van der Waals surface area contributed by atoms with Crippen molar-refractivity contribution in [2.75, 3.05) is 26.8 Å². The highest BCUT2D eigenvalue weighted by Gasteiger charge is 2.36. The van der Waals surface area contributed by atoms with Crippen LogP contribution in [0.25, 0.3) is 0 Å². The van der Waals surface area contributed by atoms with Gasteiger partial charge in [-0.2, -0.15) is 0 Å². The molecule has 2 aromatic carbocycles. The molecule has 5 heteroatoms. The molecule has 1 atom stereocenters. The van der Waals surface area contributed by atoms with Crippen LogP contribution in [0.4, 0.5) is 9.18 Å². The number of fused-ring (bicyclic) bond motifs is 1. The number of nitrogens with zero attached hydrogens (tertiary/aromatic N) is 1. The Morgan fingerprint density at radius 2 is 1.89 bits per heavy atom. The van der Waals surface area contributed by atoms with Crippen LogP contribution in [-0.2, 0) is 16.6 Å². The Hall–Kier alpha value is -2.40. The quantitative estimate of drug-likeness (QED) is 0.861. The minimum atomic E-state index is -0.241. The fourth-order valence-corrected chi connectivity index (χ4v) is 4.58. The maximum Gasteiger partial charge on any atom is 0.317 e. The van der Waals surface area contributed by atoms with Gasteiger partial charge in [0.2, 0.25) is 0 Å². The van der Waals surface area contributed by atoms with Crippen molar-refractivity contribution in [2.45, 2.75) is 37.1 Å². The summed E-state index contributed by atoms with van der Waals surface area (Å²) in [7, 11) is 1.87. The number of benzene rings is 2. The van der Waals surface area contributed by atoms with Crippen LogP contribution < -0.4 is 5.32 Å². The number of halogens is 1. The lowest BCUT2D eigenvalue weighted by molar-refractivity contribution is 0.0500. The normalized spacial score (nSPS) is 20.4. The first-order chi connectivity index (χ1) is 13.6. The third kappa shape index (κ3) is 3.63. The zero-order valence-electron chi connectivity index (χ0n) is 16.3. The third-order valence-electron chi connectivity index (χ3n) is 6.37. The number of aryl methyl sites for hydroxylation is 1. The smallest absolute Gasteiger partial charge is 0.317 e. The Bertz CT molecular complexity index is 831. The number of hydrogen-bond acceptors (Lipinski definition) is 2. The topological polar surface area (TPSA) is 41.6 Å². The Balaban J connectivity index is 1.47. The summed E-state index contributed by atoms with van der Waals surface area (Å²) < 4.78 is 18.9. The standard InChI is InChI=1S/C23H27FN2O2/c1-26(21-11-6-17-4-2-3-5-20(17)21)22(27)25-16-23(12-14-28-15-13-23)18-7-9-19(24)10-8-18/h2-5,7-10,21H,6,11-16H2,1H3,(H,25,27). The Morgan fingerprint density at radius 1 is 1.18 bits per heavy atom. The summed E-state index contributed by atoms with van der Waals surface area (Å²) in [5, 5.41) is 3.15. The molecule has 4 nitrogen and oxygen atoms in total. The molecule has 2 aromatic rings. The summed E-state index contributed by atoms with van der Waals surface area (Å²) in [6.07, 6.45) is 3.60. The zero-order chi connectivity index (χ0) is 19.6. The number of amides is 2. The highest BCUT2D eigenvalue weighted by Crippen LogP contribution is 2.36. The van der Waals surface area contributed by atoms with Gasteiger partial charge in [-0.05, 0) is 54.5 Å². The van der Waals surface area contributed by atoms with Crippen LogP contribution in [0.5, 0.6) is 0 Å². The Morgan fingerprint density at radius 3 is 2.64 bits per heavy atom. The first-order valence-electron chi connectivity index (χ1n) is 10.0. The second kappa shape index (κ2) is 7.92. The van der Waals surface area contributed by atoms with E-state index in [1.54, 1.807) is 0 Å². The molecule has 148 valence electrons. The lowest BCUT2D eigenvalue weighted by Crippen LogP contribution is -2.48. The molecule has 2 aliphatic rings. The van der Waals surface area contributed by atoms with Crippen molar-refractivity contribution < 1.29 is 13.9 Å². The lowest BCUT2D eigenvalue weighted by atomic mass is 9.74. The summed E-state index contributed by atoms with van der Waals surface area (Å²) in [5.41, 5.74) is 3.43. The van der Waals surface area contributed by atoms with Gasteiger partial charge in [0.15, 0.2) is 0 Å². The van der Waals surface area contributed by atoms with Crippen molar-refractivity contribution >= 4 is 6.03 Å². The van der Waals surface area contributed by atoms with Gasteiger partial charge in [0.25, 0.3) is 0 Å². The molecule has 1 aliphatic heterocycles. The Labute approximate surface area is 165 Å². The van der Waals surface area contributed by atoms with Crippen molar-refractivity contribution in [3.8, 4) is 0 Å². The summed E-state index contributed by atoms with van der Waals surface area (Å²) in [5.74, 6) is -0.241. The van der Waals surface area contributed by atoms with Gasteiger partial charge in [0.1, 0.15) is 5.82 Å². The molecule has 1 unspecified atom stereocenters. The second-order valence-electron chi connectivity index (χ2n) is 7.92. The predicted octanol–water partition coefficient (Wildman–Crippen LogP) is 4.20. The van der Waals surface area contributed by atoms with Crippen LogP contribution in [0.15, 0.2) is 48.5 Å². The van der Waals surface area contributed by atoms with Crippen molar-refractivity contribution in [1.82, 2.24) is 10.2 Å². The molecule has 1 aliphatic carbocycles. The van der Waals surface area contributed by atoms with Gasteiger partial charge in [-0.1, -0.05) is 36.4 Å². The average Bonchev–Trinajstić information content (AvgIpc) is 3.17. The molecule has 28 heavy (non-hydrogen) atoms. The average molecular weight is 382 g/mol. The molecule has 4 rings (SSSR count). The van der Waals surface area contributed by atoms with Crippen LogP contribution >= 0.6 is 0 Å². The zero-order valence-corrected chi connectivity index (χ0v) is 16.3. The van der Waals surface area contributed by atoms with Gasteiger partial charge in [0, 0.05) is 32.2 Å². The maximum absolute atomic E-state index is 13.4. The lowest BCUT2D eigenvalue weighted by Gasteiger charge is -2.38. The third-order valence-corrected chi connectivity index (χ3v) is 6.37. The van der Waals surface area contributed by atoms with E-state index in [1.807, 2.05) is 30.1 Å². The van der Waals surface area contributed by atoms with Crippen molar-refractivity contribution in [3.05, 3.63) is 71.0 Å². The highest BCUT2D eigenvalue weighted by molar-refractivity contribution is 5.75. The van der Waals surface area contributed by atoms with Gasteiger partial charge in [-0.3, -0.25) is 0 Å². The molecule has 0 aromatic heterocycles. The number of rotatable bonds is 4. The largest absolute Gasteiger partial charge is 0.381 e. The highest BCUT2D eigenvalue weighted by atomic mass is 19.1. The minimum absolute atomic E-state index is 0.0605. The molecule has 1 N–H and O–H groups in total. The number of hydrogen-bond donors (Lipinski definition) is 1. The van der Waals surface area contributed by atoms with E-state index >= 15 is 0 Å². The van der Waals surface area contributed by atoms with E-state index in [-0.39, 0.29) is 23.3 Å². The van der Waals surface area contributed by atoms with Gasteiger partial charge in [0.05, 0.1) is 6.04 Å². The van der Waals surface area contributed by atoms with Gasteiger partial charge in [-0.25, -0.2) is 9.18 Å². The molecule has 1 fully saturated rings. The SMILES string of the molecule is CN(C(=O)NCC1(c2ccc(F)cc2)CCOCC1)C1CCc2ccccc21. The van der Waals surface area contributed by atoms with Gasteiger partial charge >= 0.3 is 6.03 Å². The van der Waals surface area contributed by atoms with E-state index in [0.717, 1.165) is 31.2 Å². The fraction of sp³-hybridized carbons (Fsp3) is 0.435. The number of ether oxygens (including phenoxy) is 1. The van der Waals surface area contributed by atoms with Crippen LogP contribution in [0.2, 0.25) is 0 Å². The van der Waals surface area contributed by atoms with E-state index in [0.29, 0.717) is 19.8 Å². The first kappa shape index (κ1) is 18.9. The first-order valence-corrected chi connectivity index (χ1v) is 10.0. The number of nitrogens with one attached hydrogen (secondary N) is 1.